The molecule has 0 N–H and O–H groups in total. The van der Waals surface area contributed by atoms with Crippen LogP contribution in [0, 0.1) is 11.3 Å². The Morgan fingerprint density at radius 3 is 2.14 bits per heavy atom. The van der Waals surface area contributed by atoms with Crippen LogP contribution in [0.3, 0.4) is 0 Å². The van der Waals surface area contributed by atoms with Crippen LogP contribution >= 0.6 is 11.6 Å². The molecule has 1 aliphatic carbocycles. The van der Waals surface area contributed by atoms with Crippen molar-refractivity contribution >= 4 is 40.4 Å². The van der Waals surface area contributed by atoms with Gasteiger partial charge < -0.3 is 18.8 Å². The summed E-state index contributed by atoms with van der Waals surface area (Å²) in [6, 6.07) is 15.3. The summed E-state index contributed by atoms with van der Waals surface area (Å²) in [6.07, 6.45) is 0.250. The van der Waals surface area contributed by atoms with Gasteiger partial charge in [-0.1, -0.05) is 41.9 Å². The molecule has 0 bridgehead atoms. The maximum atomic E-state index is 13.3. The van der Waals surface area contributed by atoms with Crippen molar-refractivity contribution in [2.75, 3.05) is 21.3 Å². The van der Waals surface area contributed by atoms with Crippen LogP contribution in [-0.2, 0) is 42.1 Å². The quantitative estimate of drug-likeness (QED) is 0.301. The second-order valence-corrected chi connectivity index (χ2v) is 9.37. The topological polar surface area (TPSA) is 83.8 Å². The molecule has 1 aliphatic rings. The van der Waals surface area contributed by atoms with Crippen LogP contribution in [0.25, 0.3) is 10.9 Å². The van der Waals surface area contributed by atoms with Crippen LogP contribution in [0.1, 0.15) is 35.6 Å². The first-order valence-corrected chi connectivity index (χ1v) is 11.7. The summed E-state index contributed by atoms with van der Waals surface area (Å²) in [7, 11) is 5.74. The summed E-state index contributed by atoms with van der Waals surface area (Å²) in [5.74, 6) is -3.10. The van der Waals surface area contributed by atoms with Gasteiger partial charge in [-0.3, -0.25) is 14.4 Å². The zero-order chi connectivity index (χ0) is 25.3. The first-order valence-electron chi connectivity index (χ1n) is 11.3. The van der Waals surface area contributed by atoms with Crippen LogP contribution in [0.15, 0.2) is 48.5 Å². The highest BCUT2D eigenvalue weighted by atomic mass is 35.5. The number of benzene rings is 2. The van der Waals surface area contributed by atoms with E-state index in [-0.39, 0.29) is 25.2 Å². The first-order chi connectivity index (χ1) is 16.8. The molecule has 0 fully saturated rings. The number of esters is 3. The molecule has 0 unspecified atom stereocenters. The number of carbonyl (C=O) groups is 3. The standard InChI is InChI=1S/C27H28ClNO6/c1-29-21-8-6-5-7-19(21)23-20(16-9-11-18(28)12-10-16)15-27(25(31)34-3,26(32)35-4)14-17(13-22(23)29)24(30)33-2/h5-12,17,20H,13-15H2,1-4H3/t17-,20+/m0/s1. The molecule has 0 amide bonds. The lowest BCUT2D eigenvalue weighted by Gasteiger charge is -2.36. The summed E-state index contributed by atoms with van der Waals surface area (Å²) in [5.41, 5.74) is 2.08. The van der Waals surface area contributed by atoms with Crippen LogP contribution in [-0.4, -0.2) is 43.8 Å². The third-order valence-electron chi connectivity index (χ3n) is 7.17. The normalized spacial score (nSPS) is 19.2. The first kappa shape index (κ1) is 24.8. The van der Waals surface area contributed by atoms with Gasteiger partial charge in [-0.15, -0.1) is 0 Å². The Balaban J connectivity index is 2.07. The Morgan fingerprint density at radius 1 is 0.914 bits per heavy atom. The molecule has 8 heteroatoms. The van der Waals surface area contributed by atoms with Gasteiger partial charge in [0.2, 0.25) is 0 Å². The third-order valence-corrected chi connectivity index (χ3v) is 7.42. The summed E-state index contributed by atoms with van der Waals surface area (Å²) in [5, 5.41) is 1.56. The predicted octanol–water partition coefficient (Wildman–Crippen LogP) is 4.42. The summed E-state index contributed by atoms with van der Waals surface area (Å²) in [4.78, 5) is 39.6. The lowest BCUT2D eigenvalue weighted by atomic mass is 9.66. The summed E-state index contributed by atoms with van der Waals surface area (Å²) in [6.45, 7) is 0. The highest BCUT2D eigenvalue weighted by Gasteiger charge is 2.54. The fourth-order valence-corrected chi connectivity index (χ4v) is 5.62. The summed E-state index contributed by atoms with van der Waals surface area (Å²) >= 11 is 6.18. The molecule has 1 aromatic heterocycles. The number of halogens is 1. The number of hydrogen-bond acceptors (Lipinski definition) is 6. The van der Waals surface area contributed by atoms with E-state index in [9.17, 15) is 14.4 Å². The Morgan fingerprint density at radius 2 is 1.54 bits per heavy atom. The van der Waals surface area contributed by atoms with Gasteiger partial charge in [-0.05, 0) is 42.2 Å². The van der Waals surface area contributed by atoms with Crippen molar-refractivity contribution in [3.8, 4) is 0 Å². The highest BCUT2D eigenvalue weighted by Crippen LogP contribution is 2.49. The number of aromatic nitrogens is 1. The molecular weight excluding hydrogens is 470 g/mol. The fourth-order valence-electron chi connectivity index (χ4n) is 5.49. The van der Waals surface area contributed by atoms with Gasteiger partial charge in [0, 0.05) is 41.0 Å². The minimum atomic E-state index is -1.71. The van der Waals surface area contributed by atoms with Crippen LogP contribution in [0.2, 0.25) is 5.02 Å². The SMILES string of the molecule is COC(=O)[C@H]1Cc2c(c3ccccc3n2C)[C@@H](c2ccc(Cl)cc2)CC(C(=O)OC)(C(=O)OC)C1. The van der Waals surface area contributed by atoms with Gasteiger partial charge in [0.25, 0.3) is 0 Å². The van der Waals surface area contributed by atoms with Crippen LogP contribution < -0.4 is 0 Å². The van der Waals surface area contributed by atoms with E-state index in [1.807, 2.05) is 43.4 Å². The van der Waals surface area contributed by atoms with Crippen molar-refractivity contribution in [1.29, 1.82) is 0 Å². The molecule has 35 heavy (non-hydrogen) atoms. The van der Waals surface area contributed by atoms with E-state index < -0.39 is 29.2 Å². The molecule has 0 aliphatic heterocycles. The van der Waals surface area contributed by atoms with E-state index in [0.29, 0.717) is 5.02 Å². The maximum absolute atomic E-state index is 13.3. The number of methoxy groups -OCH3 is 3. The smallest absolute Gasteiger partial charge is 0.323 e. The van der Waals surface area contributed by atoms with Crippen molar-refractivity contribution in [1.82, 2.24) is 4.57 Å². The lowest BCUT2D eigenvalue weighted by molar-refractivity contribution is -0.172. The molecule has 0 radical (unpaired) electrons. The number of nitrogens with zero attached hydrogens (tertiary/aromatic N) is 1. The Kier molecular flexibility index (Phi) is 6.90. The van der Waals surface area contributed by atoms with E-state index in [1.54, 1.807) is 12.1 Å². The number of hydrogen-bond donors (Lipinski definition) is 0. The average molecular weight is 498 g/mol. The van der Waals surface area contributed by atoms with E-state index in [0.717, 1.165) is 27.7 Å². The Bertz CT molecular complexity index is 1260. The number of carbonyl (C=O) groups excluding carboxylic acids is 3. The zero-order valence-electron chi connectivity index (χ0n) is 20.2. The third kappa shape index (κ3) is 4.18. The number of ether oxygens (including phenoxy) is 3. The molecule has 0 spiro atoms. The minimum Gasteiger partial charge on any atom is -0.469 e. The van der Waals surface area contributed by atoms with E-state index in [1.165, 1.54) is 21.3 Å². The fraction of sp³-hybridized carbons (Fsp3) is 0.370. The zero-order valence-corrected chi connectivity index (χ0v) is 20.9. The Labute approximate surface area is 208 Å². The molecule has 2 aromatic carbocycles. The average Bonchev–Trinajstić information content (AvgIpc) is 3.14. The van der Waals surface area contributed by atoms with Crippen LogP contribution in [0.4, 0.5) is 0 Å². The maximum Gasteiger partial charge on any atom is 0.323 e. The van der Waals surface area contributed by atoms with E-state index in [2.05, 4.69) is 4.57 Å². The van der Waals surface area contributed by atoms with Crippen molar-refractivity contribution in [2.24, 2.45) is 18.4 Å². The molecule has 184 valence electrons. The number of rotatable bonds is 4. The second-order valence-electron chi connectivity index (χ2n) is 8.94. The number of fused-ring (bicyclic) bond motifs is 3. The molecule has 0 saturated carbocycles. The van der Waals surface area contributed by atoms with E-state index >= 15 is 0 Å². The molecule has 1 heterocycles. The number of aryl methyl sites for hydroxylation is 1. The van der Waals surface area contributed by atoms with Gasteiger partial charge in [-0.2, -0.15) is 0 Å². The second kappa shape index (κ2) is 9.74. The highest BCUT2D eigenvalue weighted by molar-refractivity contribution is 6.30. The van der Waals surface area contributed by atoms with E-state index in [4.69, 9.17) is 25.8 Å². The lowest BCUT2D eigenvalue weighted by Crippen LogP contribution is -2.46. The summed E-state index contributed by atoms with van der Waals surface area (Å²) < 4.78 is 17.4. The molecule has 7 nitrogen and oxygen atoms in total. The molecule has 0 saturated heterocycles. The monoisotopic (exact) mass is 497 g/mol. The van der Waals surface area contributed by atoms with Crippen molar-refractivity contribution < 1.29 is 28.6 Å². The molecule has 3 aromatic rings. The largest absolute Gasteiger partial charge is 0.469 e. The molecule has 2 atom stereocenters. The van der Waals surface area contributed by atoms with Gasteiger partial charge >= 0.3 is 17.9 Å². The Hall–Kier alpha value is -3.32. The van der Waals surface area contributed by atoms with Crippen molar-refractivity contribution in [2.45, 2.75) is 25.2 Å². The van der Waals surface area contributed by atoms with Gasteiger partial charge in [0.15, 0.2) is 5.41 Å². The predicted molar refractivity (Wildman–Crippen MR) is 131 cm³/mol. The van der Waals surface area contributed by atoms with Gasteiger partial charge in [0.1, 0.15) is 0 Å². The van der Waals surface area contributed by atoms with Crippen molar-refractivity contribution in [3.05, 3.63) is 70.4 Å². The molecule has 4 rings (SSSR count). The van der Waals surface area contributed by atoms with Gasteiger partial charge in [-0.25, -0.2) is 0 Å². The van der Waals surface area contributed by atoms with Crippen LogP contribution in [0.5, 0.6) is 0 Å². The van der Waals surface area contributed by atoms with Gasteiger partial charge in [0.05, 0.1) is 27.2 Å². The number of para-hydroxylation sites is 1. The minimum absolute atomic E-state index is 0.0580. The van der Waals surface area contributed by atoms with Crippen molar-refractivity contribution in [3.63, 3.8) is 0 Å². The molecular formula is C27H28ClNO6.